The largest absolute Gasteiger partial charge is 0.486 e. The van der Waals surface area contributed by atoms with Gasteiger partial charge < -0.3 is 15.4 Å². The van der Waals surface area contributed by atoms with Crippen molar-refractivity contribution in [2.24, 2.45) is 11.7 Å². The summed E-state index contributed by atoms with van der Waals surface area (Å²) in [6.45, 7) is 3.41. The third-order valence-electron chi connectivity index (χ3n) is 5.12. The van der Waals surface area contributed by atoms with Crippen LogP contribution in [0.25, 0.3) is 0 Å². The van der Waals surface area contributed by atoms with Crippen LogP contribution in [0.15, 0.2) is 18.2 Å². The van der Waals surface area contributed by atoms with Gasteiger partial charge in [-0.25, -0.2) is 4.39 Å². The van der Waals surface area contributed by atoms with Crippen molar-refractivity contribution in [3.8, 4) is 5.75 Å². The number of benzene rings is 1. The van der Waals surface area contributed by atoms with Gasteiger partial charge in [-0.05, 0) is 31.2 Å². The number of nitrogens with two attached hydrogens (primary N) is 1. The minimum absolute atomic E-state index is 0.105. The van der Waals surface area contributed by atoms with Gasteiger partial charge in [0.15, 0.2) is 0 Å². The predicted octanol–water partition coefficient (Wildman–Crippen LogP) is 2.07. The van der Waals surface area contributed by atoms with Crippen LogP contribution in [0, 0.1) is 11.7 Å². The van der Waals surface area contributed by atoms with Crippen LogP contribution in [-0.2, 0) is 0 Å². The number of fused-ring (bicyclic) bond motifs is 4. The third-order valence-corrected chi connectivity index (χ3v) is 5.12. The van der Waals surface area contributed by atoms with Crippen LogP contribution < -0.4 is 10.5 Å². The van der Waals surface area contributed by atoms with E-state index in [9.17, 15) is 4.39 Å². The number of piperidine rings is 1. The van der Waals surface area contributed by atoms with Crippen molar-refractivity contribution in [2.75, 3.05) is 19.6 Å². The first-order valence-corrected chi connectivity index (χ1v) is 7.13. The summed E-state index contributed by atoms with van der Waals surface area (Å²) in [5, 5.41) is 0. The van der Waals surface area contributed by atoms with Gasteiger partial charge in [0.1, 0.15) is 17.2 Å². The highest BCUT2D eigenvalue weighted by Crippen LogP contribution is 2.48. The van der Waals surface area contributed by atoms with Gasteiger partial charge in [-0.2, -0.15) is 0 Å². The maximum Gasteiger partial charge on any atom is 0.125 e. The summed E-state index contributed by atoms with van der Waals surface area (Å²) in [6, 6.07) is 4.63. The summed E-state index contributed by atoms with van der Waals surface area (Å²) in [5.74, 6) is 1.13. The average molecular weight is 262 g/mol. The highest BCUT2D eigenvalue weighted by molar-refractivity contribution is 5.39. The lowest BCUT2D eigenvalue weighted by atomic mass is 9.75. The molecule has 4 heteroatoms. The quantitative estimate of drug-likeness (QED) is 0.778. The summed E-state index contributed by atoms with van der Waals surface area (Å²) >= 11 is 0. The maximum absolute atomic E-state index is 13.3. The van der Waals surface area contributed by atoms with E-state index in [1.165, 1.54) is 25.1 Å². The van der Waals surface area contributed by atoms with Crippen LogP contribution in [0.1, 0.15) is 30.9 Å². The normalized spacial score (nSPS) is 40.0. The Morgan fingerprint density at radius 3 is 3.16 bits per heavy atom. The molecule has 2 bridgehead atoms. The molecular weight excluding hydrogens is 243 g/mol. The van der Waals surface area contributed by atoms with E-state index in [4.69, 9.17) is 10.5 Å². The lowest BCUT2D eigenvalue weighted by Crippen LogP contribution is -2.53. The standard InChI is InChI=1S/C15H19FN2O/c16-11-1-2-14-12(7-11)13(17)8-15(19-14)4-6-18-5-3-10(15)9-18/h1-2,7,10,13H,3-6,8-9,17H2. The van der Waals surface area contributed by atoms with Crippen LogP contribution in [0.3, 0.4) is 0 Å². The molecule has 19 heavy (non-hydrogen) atoms. The van der Waals surface area contributed by atoms with Crippen LogP contribution in [0.5, 0.6) is 5.75 Å². The van der Waals surface area contributed by atoms with E-state index < -0.39 is 0 Å². The summed E-state index contributed by atoms with van der Waals surface area (Å²) in [5.41, 5.74) is 7.00. The second kappa shape index (κ2) is 3.93. The van der Waals surface area contributed by atoms with Crippen LogP contribution in [0.2, 0.25) is 0 Å². The smallest absolute Gasteiger partial charge is 0.125 e. The second-order valence-corrected chi connectivity index (χ2v) is 6.20. The van der Waals surface area contributed by atoms with Gasteiger partial charge in [0.25, 0.3) is 0 Å². The van der Waals surface area contributed by atoms with Crippen molar-refractivity contribution in [2.45, 2.75) is 30.9 Å². The van der Waals surface area contributed by atoms with Crippen molar-refractivity contribution in [1.82, 2.24) is 4.90 Å². The molecule has 0 radical (unpaired) electrons. The molecule has 0 saturated carbocycles. The first-order chi connectivity index (χ1) is 9.16. The van der Waals surface area contributed by atoms with Gasteiger partial charge >= 0.3 is 0 Å². The summed E-state index contributed by atoms with van der Waals surface area (Å²) in [6.07, 6.45) is 3.06. The van der Waals surface area contributed by atoms with E-state index >= 15 is 0 Å². The summed E-state index contributed by atoms with van der Waals surface area (Å²) in [4.78, 5) is 2.50. The highest BCUT2D eigenvalue weighted by atomic mass is 19.1. The first-order valence-electron chi connectivity index (χ1n) is 7.13. The third kappa shape index (κ3) is 1.70. The van der Waals surface area contributed by atoms with Crippen LogP contribution in [-0.4, -0.2) is 30.1 Å². The fourth-order valence-corrected chi connectivity index (χ4v) is 4.06. The van der Waals surface area contributed by atoms with E-state index in [2.05, 4.69) is 4.90 Å². The van der Waals surface area contributed by atoms with Crippen LogP contribution in [0.4, 0.5) is 4.39 Å². The van der Waals surface area contributed by atoms with Gasteiger partial charge in [-0.15, -0.1) is 0 Å². The molecule has 1 spiro atoms. The van der Waals surface area contributed by atoms with Crippen molar-refractivity contribution >= 4 is 0 Å². The maximum atomic E-state index is 13.3. The molecule has 2 N–H and O–H groups in total. The van der Waals surface area contributed by atoms with E-state index in [0.29, 0.717) is 5.92 Å². The van der Waals surface area contributed by atoms with Crippen molar-refractivity contribution < 1.29 is 9.13 Å². The van der Waals surface area contributed by atoms with Crippen molar-refractivity contribution in [1.29, 1.82) is 0 Å². The van der Waals surface area contributed by atoms with E-state index in [0.717, 1.165) is 37.2 Å². The molecule has 0 aliphatic carbocycles. The molecule has 0 amide bonds. The average Bonchev–Trinajstić information content (AvgIpc) is 2.81. The van der Waals surface area contributed by atoms with Gasteiger partial charge in [0.2, 0.25) is 0 Å². The Morgan fingerprint density at radius 2 is 2.26 bits per heavy atom. The Bertz CT molecular complexity index is 521. The lowest BCUT2D eigenvalue weighted by molar-refractivity contribution is -0.0440. The van der Waals surface area contributed by atoms with Crippen LogP contribution >= 0.6 is 0 Å². The van der Waals surface area contributed by atoms with Crippen molar-refractivity contribution in [3.05, 3.63) is 29.6 Å². The molecule has 102 valence electrons. The second-order valence-electron chi connectivity index (χ2n) is 6.20. The first kappa shape index (κ1) is 11.7. The minimum Gasteiger partial charge on any atom is -0.486 e. The summed E-state index contributed by atoms with van der Waals surface area (Å²) in [7, 11) is 0. The zero-order valence-electron chi connectivity index (χ0n) is 10.9. The molecule has 2 saturated heterocycles. The number of rotatable bonds is 0. The lowest BCUT2D eigenvalue weighted by Gasteiger charge is -2.47. The molecular formula is C15H19FN2O. The molecule has 3 heterocycles. The number of hydrogen-bond acceptors (Lipinski definition) is 3. The number of nitrogens with zero attached hydrogens (tertiary/aromatic N) is 1. The van der Waals surface area contributed by atoms with E-state index in [1.54, 1.807) is 6.07 Å². The topological polar surface area (TPSA) is 38.5 Å². The Balaban J connectivity index is 1.72. The zero-order chi connectivity index (χ0) is 13.0. The van der Waals surface area contributed by atoms with Gasteiger partial charge in [0.05, 0.1) is 0 Å². The Hall–Kier alpha value is -1.13. The predicted molar refractivity (Wildman–Crippen MR) is 70.5 cm³/mol. The van der Waals surface area contributed by atoms with Crippen molar-refractivity contribution in [3.63, 3.8) is 0 Å². The molecule has 4 unspecified atom stereocenters. The molecule has 3 aliphatic rings. The van der Waals surface area contributed by atoms with Gasteiger partial charge in [0, 0.05) is 43.5 Å². The highest BCUT2D eigenvalue weighted by Gasteiger charge is 2.51. The number of ether oxygens (including phenoxy) is 1. The Morgan fingerprint density at radius 1 is 1.37 bits per heavy atom. The molecule has 1 aromatic rings. The fraction of sp³-hybridized carbons (Fsp3) is 0.600. The number of halogens is 1. The Kier molecular flexibility index (Phi) is 2.42. The molecule has 3 nitrogen and oxygen atoms in total. The monoisotopic (exact) mass is 262 g/mol. The Labute approximate surface area is 112 Å². The summed E-state index contributed by atoms with van der Waals surface area (Å²) < 4.78 is 19.7. The number of hydrogen-bond donors (Lipinski definition) is 1. The molecule has 1 aromatic carbocycles. The van der Waals surface area contributed by atoms with Gasteiger partial charge in [-0.1, -0.05) is 0 Å². The van der Waals surface area contributed by atoms with E-state index in [-0.39, 0.29) is 17.5 Å². The van der Waals surface area contributed by atoms with Gasteiger partial charge in [-0.3, -0.25) is 0 Å². The fourth-order valence-electron chi connectivity index (χ4n) is 4.06. The molecule has 4 rings (SSSR count). The zero-order valence-corrected chi connectivity index (χ0v) is 10.9. The minimum atomic E-state index is -0.232. The molecule has 3 aliphatic heterocycles. The SMILES string of the molecule is NC1CC2(CCN3CCC2C3)Oc2ccc(F)cc21. The molecule has 4 atom stereocenters. The molecule has 0 aromatic heterocycles. The molecule has 2 fully saturated rings. The van der Waals surface area contributed by atoms with E-state index in [1.807, 2.05) is 0 Å².